The molecule has 0 saturated carbocycles. The zero-order chi connectivity index (χ0) is 11.9. The third-order valence-electron chi connectivity index (χ3n) is 3.25. The molecule has 2 heteroatoms. The van der Waals surface area contributed by atoms with E-state index >= 15 is 0 Å². The number of benzene rings is 1. The van der Waals surface area contributed by atoms with E-state index in [1.54, 1.807) is 6.08 Å². The first-order valence-electron chi connectivity index (χ1n) is 6.27. The van der Waals surface area contributed by atoms with Gasteiger partial charge in [-0.15, -0.1) is 0 Å². The summed E-state index contributed by atoms with van der Waals surface area (Å²) in [5.74, 6) is 0.540. The largest absolute Gasteiger partial charge is 0.299 e. The summed E-state index contributed by atoms with van der Waals surface area (Å²) in [5.41, 5.74) is 1.37. The molecule has 0 radical (unpaired) electrons. The van der Waals surface area contributed by atoms with Crippen LogP contribution in [-0.4, -0.2) is 24.3 Å². The van der Waals surface area contributed by atoms with Crippen LogP contribution in [0.2, 0.25) is 0 Å². The molecule has 1 aliphatic rings. The molecular formula is C15H19NO. The fourth-order valence-corrected chi connectivity index (χ4v) is 2.44. The monoisotopic (exact) mass is 229 g/mol. The first kappa shape index (κ1) is 12.1. The Morgan fingerprint density at radius 2 is 2.12 bits per heavy atom. The number of hydrogen-bond acceptors (Lipinski definition) is 2. The Bertz CT molecular complexity index is 372. The lowest BCUT2D eigenvalue weighted by atomic mass is 9.97. The highest BCUT2D eigenvalue weighted by atomic mass is 16.1. The number of aldehydes is 1. The van der Waals surface area contributed by atoms with Crippen molar-refractivity contribution in [3.63, 3.8) is 0 Å². The summed E-state index contributed by atoms with van der Waals surface area (Å²) in [5, 5.41) is 0. The van der Waals surface area contributed by atoms with Gasteiger partial charge in [0.2, 0.25) is 0 Å². The van der Waals surface area contributed by atoms with Gasteiger partial charge in [0.25, 0.3) is 0 Å². The first-order valence-corrected chi connectivity index (χ1v) is 6.27. The van der Waals surface area contributed by atoms with Crippen molar-refractivity contribution < 1.29 is 4.79 Å². The molecule has 2 rings (SSSR count). The SMILES string of the molecule is O=C/C=C/C1CCCN(Cc2ccccc2)C1. The highest BCUT2D eigenvalue weighted by Gasteiger charge is 2.17. The topological polar surface area (TPSA) is 20.3 Å². The minimum absolute atomic E-state index is 0.540. The molecule has 1 fully saturated rings. The van der Waals surface area contributed by atoms with Crippen molar-refractivity contribution in [3.05, 3.63) is 48.0 Å². The van der Waals surface area contributed by atoms with Crippen LogP contribution in [0.25, 0.3) is 0 Å². The Kier molecular flexibility index (Phi) is 4.51. The molecule has 0 amide bonds. The lowest BCUT2D eigenvalue weighted by Gasteiger charge is -2.31. The minimum Gasteiger partial charge on any atom is -0.299 e. The normalized spacial score (nSPS) is 21.8. The zero-order valence-electron chi connectivity index (χ0n) is 10.1. The standard InChI is InChI=1S/C15H19NO/c17-11-5-9-15-8-4-10-16(13-15)12-14-6-2-1-3-7-14/h1-3,5-7,9,11,15H,4,8,10,12-13H2/b9-5+. The van der Waals surface area contributed by atoms with Crippen molar-refractivity contribution in [2.24, 2.45) is 5.92 Å². The molecule has 0 aromatic heterocycles. The molecule has 90 valence electrons. The van der Waals surface area contributed by atoms with E-state index in [1.807, 2.05) is 6.08 Å². The molecule has 1 unspecified atom stereocenters. The highest BCUT2D eigenvalue weighted by molar-refractivity contribution is 5.64. The van der Waals surface area contributed by atoms with Crippen LogP contribution in [0, 0.1) is 5.92 Å². The van der Waals surface area contributed by atoms with Crippen LogP contribution in [0.5, 0.6) is 0 Å². The van der Waals surface area contributed by atoms with Crippen LogP contribution in [0.3, 0.4) is 0 Å². The summed E-state index contributed by atoms with van der Waals surface area (Å²) < 4.78 is 0. The van der Waals surface area contributed by atoms with Gasteiger partial charge >= 0.3 is 0 Å². The van der Waals surface area contributed by atoms with E-state index in [4.69, 9.17) is 0 Å². The smallest absolute Gasteiger partial charge is 0.142 e. The molecular weight excluding hydrogens is 210 g/mol. The molecule has 0 bridgehead atoms. The second-order valence-electron chi connectivity index (χ2n) is 4.64. The highest BCUT2D eigenvalue weighted by Crippen LogP contribution is 2.19. The average Bonchev–Trinajstić information content (AvgIpc) is 2.38. The van der Waals surface area contributed by atoms with Crippen molar-refractivity contribution in [1.82, 2.24) is 4.90 Å². The number of carbonyl (C=O) groups is 1. The van der Waals surface area contributed by atoms with Gasteiger partial charge in [-0.1, -0.05) is 36.4 Å². The van der Waals surface area contributed by atoms with Crippen LogP contribution in [0.4, 0.5) is 0 Å². The lowest BCUT2D eigenvalue weighted by Crippen LogP contribution is -2.34. The number of rotatable bonds is 4. The zero-order valence-corrected chi connectivity index (χ0v) is 10.1. The van der Waals surface area contributed by atoms with Crippen molar-refractivity contribution >= 4 is 6.29 Å². The van der Waals surface area contributed by atoms with E-state index in [-0.39, 0.29) is 0 Å². The minimum atomic E-state index is 0.540. The Hall–Kier alpha value is -1.41. The second-order valence-corrected chi connectivity index (χ2v) is 4.64. The number of likely N-dealkylation sites (tertiary alicyclic amines) is 1. The predicted molar refractivity (Wildman–Crippen MR) is 69.6 cm³/mol. The van der Waals surface area contributed by atoms with Gasteiger partial charge in [0.1, 0.15) is 6.29 Å². The Labute approximate surface area is 103 Å². The molecule has 0 spiro atoms. The van der Waals surface area contributed by atoms with Crippen molar-refractivity contribution in [1.29, 1.82) is 0 Å². The van der Waals surface area contributed by atoms with Gasteiger partial charge in [0.15, 0.2) is 0 Å². The summed E-state index contributed by atoms with van der Waals surface area (Å²) >= 11 is 0. The number of nitrogens with zero attached hydrogens (tertiary/aromatic N) is 1. The third-order valence-corrected chi connectivity index (χ3v) is 3.25. The van der Waals surface area contributed by atoms with Crippen molar-refractivity contribution in [2.75, 3.05) is 13.1 Å². The summed E-state index contributed by atoms with van der Waals surface area (Å²) in [6.07, 6.45) is 6.98. The van der Waals surface area contributed by atoms with Crippen molar-refractivity contribution in [3.8, 4) is 0 Å². The molecule has 17 heavy (non-hydrogen) atoms. The van der Waals surface area contributed by atoms with Crippen molar-refractivity contribution in [2.45, 2.75) is 19.4 Å². The summed E-state index contributed by atoms with van der Waals surface area (Å²) in [7, 11) is 0. The first-order chi connectivity index (χ1) is 8.38. The molecule has 1 atom stereocenters. The van der Waals surface area contributed by atoms with Crippen LogP contribution in [0.15, 0.2) is 42.5 Å². The average molecular weight is 229 g/mol. The summed E-state index contributed by atoms with van der Waals surface area (Å²) in [6, 6.07) is 10.6. The van der Waals surface area contributed by atoms with E-state index in [1.165, 1.54) is 24.9 Å². The van der Waals surface area contributed by atoms with Gasteiger partial charge in [-0.25, -0.2) is 0 Å². The van der Waals surface area contributed by atoms with E-state index in [9.17, 15) is 4.79 Å². The van der Waals surface area contributed by atoms with Gasteiger partial charge < -0.3 is 0 Å². The Balaban J connectivity index is 1.89. The lowest BCUT2D eigenvalue weighted by molar-refractivity contribution is -0.104. The quantitative estimate of drug-likeness (QED) is 0.584. The predicted octanol–water partition coefficient (Wildman–Crippen LogP) is 2.65. The van der Waals surface area contributed by atoms with Gasteiger partial charge in [0, 0.05) is 13.1 Å². The molecule has 0 aliphatic carbocycles. The molecule has 1 aliphatic heterocycles. The van der Waals surface area contributed by atoms with Crippen LogP contribution >= 0.6 is 0 Å². The molecule has 1 heterocycles. The number of hydrogen-bond donors (Lipinski definition) is 0. The van der Waals surface area contributed by atoms with Crippen LogP contribution in [0.1, 0.15) is 18.4 Å². The molecule has 2 nitrogen and oxygen atoms in total. The van der Waals surface area contributed by atoms with Gasteiger partial charge in [0.05, 0.1) is 0 Å². The molecule has 0 N–H and O–H groups in total. The Morgan fingerprint density at radius 3 is 2.88 bits per heavy atom. The fraction of sp³-hybridized carbons (Fsp3) is 0.400. The van der Waals surface area contributed by atoms with E-state index in [2.05, 4.69) is 35.2 Å². The van der Waals surface area contributed by atoms with Gasteiger partial charge in [-0.2, -0.15) is 0 Å². The molecule has 1 aromatic rings. The van der Waals surface area contributed by atoms with Gasteiger partial charge in [-0.3, -0.25) is 9.69 Å². The summed E-state index contributed by atoms with van der Waals surface area (Å²) in [6.45, 7) is 3.26. The van der Waals surface area contributed by atoms with Crippen LogP contribution in [-0.2, 0) is 11.3 Å². The third kappa shape index (κ3) is 3.82. The number of allylic oxidation sites excluding steroid dienone is 1. The molecule has 1 saturated heterocycles. The van der Waals surface area contributed by atoms with E-state index in [0.29, 0.717) is 5.92 Å². The number of carbonyl (C=O) groups excluding carboxylic acids is 1. The van der Waals surface area contributed by atoms with E-state index in [0.717, 1.165) is 19.4 Å². The maximum Gasteiger partial charge on any atom is 0.142 e. The maximum absolute atomic E-state index is 10.3. The van der Waals surface area contributed by atoms with E-state index < -0.39 is 0 Å². The number of piperidine rings is 1. The Morgan fingerprint density at radius 1 is 1.29 bits per heavy atom. The fourth-order valence-electron chi connectivity index (χ4n) is 2.44. The summed E-state index contributed by atoms with van der Waals surface area (Å²) in [4.78, 5) is 12.8. The molecule has 1 aromatic carbocycles. The van der Waals surface area contributed by atoms with Gasteiger partial charge in [-0.05, 0) is 36.9 Å². The maximum atomic E-state index is 10.3. The van der Waals surface area contributed by atoms with Crippen LogP contribution < -0.4 is 0 Å². The second kappa shape index (κ2) is 6.36.